The van der Waals surface area contributed by atoms with Crippen molar-refractivity contribution in [1.29, 1.82) is 0 Å². The quantitative estimate of drug-likeness (QED) is 0.624. The van der Waals surface area contributed by atoms with Gasteiger partial charge in [-0.3, -0.25) is 4.79 Å². The molecule has 1 aliphatic heterocycles. The first kappa shape index (κ1) is 20.8. The zero-order valence-corrected chi connectivity index (χ0v) is 17.3. The van der Waals surface area contributed by atoms with Crippen LogP contribution in [0.3, 0.4) is 0 Å². The average Bonchev–Trinajstić information content (AvgIpc) is 2.79. The molecule has 1 N–H and O–H groups in total. The van der Waals surface area contributed by atoms with Crippen molar-refractivity contribution in [2.45, 2.75) is 32.3 Å². The Kier molecular flexibility index (Phi) is 5.84. The number of benzene rings is 2. The predicted octanol–water partition coefficient (Wildman–Crippen LogP) is 4.62. The molecule has 2 aromatic carbocycles. The standard InChI is InChI=1S/C24H23FN2O4/c1-14(24(28)29)9-15-3-4-16-5-8-21(31-22(16)10-15)23-26-12-17(13-27-23)19-11-18(30-2)6-7-20(19)25/h3-4,6-7,10-14,21H,5,8-9H2,1-2H3,(H,28,29). The molecule has 0 saturated carbocycles. The molecule has 4 rings (SSSR count). The largest absolute Gasteiger partial charge is 0.497 e. The number of nitrogens with zero attached hydrogens (tertiary/aromatic N) is 2. The Morgan fingerprint density at radius 1 is 1.26 bits per heavy atom. The molecule has 0 aliphatic carbocycles. The van der Waals surface area contributed by atoms with E-state index in [9.17, 15) is 9.18 Å². The first-order valence-electron chi connectivity index (χ1n) is 10.1. The third kappa shape index (κ3) is 4.50. The highest BCUT2D eigenvalue weighted by atomic mass is 19.1. The van der Waals surface area contributed by atoms with Crippen molar-refractivity contribution >= 4 is 5.97 Å². The van der Waals surface area contributed by atoms with Crippen molar-refractivity contribution in [1.82, 2.24) is 9.97 Å². The van der Waals surface area contributed by atoms with Crippen LogP contribution < -0.4 is 9.47 Å². The second-order valence-corrected chi connectivity index (χ2v) is 7.71. The number of fused-ring (bicyclic) bond motifs is 1. The lowest BCUT2D eigenvalue weighted by Gasteiger charge is -2.25. The number of halogens is 1. The van der Waals surface area contributed by atoms with E-state index in [2.05, 4.69) is 9.97 Å². The highest BCUT2D eigenvalue weighted by molar-refractivity contribution is 5.70. The fraction of sp³-hybridized carbons (Fsp3) is 0.292. The van der Waals surface area contributed by atoms with Crippen molar-refractivity contribution in [3.8, 4) is 22.6 Å². The lowest BCUT2D eigenvalue weighted by atomic mass is 9.96. The highest BCUT2D eigenvalue weighted by Gasteiger charge is 2.24. The van der Waals surface area contributed by atoms with Crippen LogP contribution in [0.5, 0.6) is 11.5 Å². The van der Waals surface area contributed by atoms with E-state index in [1.165, 1.54) is 13.2 Å². The number of ether oxygens (including phenoxy) is 2. The summed E-state index contributed by atoms with van der Waals surface area (Å²) in [6.07, 6.45) is 4.83. The molecule has 1 aromatic heterocycles. The minimum Gasteiger partial charge on any atom is -0.497 e. The van der Waals surface area contributed by atoms with Gasteiger partial charge >= 0.3 is 5.97 Å². The van der Waals surface area contributed by atoms with E-state index in [0.29, 0.717) is 29.1 Å². The van der Waals surface area contributed by atoms with Gasteiger partial charge in [-0.2, -0.15) is 0 Å². The van der Waals surface area contributed by atoms with Gasteiger partial charge in [0, 0.05) is 23.5 Å². The molecule has 0 spiro atoms. The van der Waals surface area contributed by atoms with Gasteiger partial charge in [0.05, 0.1) is 13.0 Å². The Labute approximate surface area is 179 Å². The van der Waals surface area contributed by atoms with Crippen LogP contribution in [0.4, 0.5) is 4.39 Å². The Bertz CT molecular complexity index is 1100. The van der Waals surface area contributed by atoms with Crippen LogP contribution in [0.25, 0.3) is 11.1 Å². The number of aryl methyl sites for hydroxylation is 1. The van der Waals surface area contributed by atoms with Gasteiger partial charge < -0.3 is 14.6 Å². The first-order valence-corrected chi connectivity index (χ1v) is 10.1. The number of carbonyl (C=O) groups is 1. The van der Waals surface area contributed by atoms with Crippen LogP contribution in [-0.2, 0) is 17.6 Å². The Balaban J connectivity index is 1.52. The number of hydrogen-bond donors (Lipinski definition) is 1. The highest BCUT2D eigenvalue weighted by Crippen LogP contribution is 2.35. The summed E-state index contributed by atoms with van der Waals surface area (Å²) >= 11 is 0. The third-order valence-electron chi connectivity index (χ3n) is 5.48. The minimum absolute atomic E-state index is 0.316. The van der Waals surface area contributed by atoms with Gasteiger partial charge in [0.25, 0.3) is 0 Å². The topological polar surface area (TPSA) is 81.5 Å². The van der Waals surface area contributed by atoms with Crippen molar-refractivity contribution in [2.24, 2.45) is 5.92 Å². The van der Waals surface area contributed by atoms with Gasteiger partial charge in [-0.1, -0.05) is 19.1 Å². The lowest BCUT2D eigenvalue weighted by molar-refractivity contribution is -0.141. The van der Waals surface area contributed by atoms with Gasteiger partial charge in [0.1, 0.15) is 17.3 Å². The summed E-state index contributed by atoms with van der Waals surface area (Å²) in [5.41, 5.74) is 2.93. The Hall–Kier alpha value is -3.48. The van der Waals surface area contributed by atoms with E-state index in [1.54, 1.807) is 31.5 Å². The maximum absolute atomic E-state index is 14.2. The molecule has 2 atom stereocenters. The van der Waals surface area contributed by atoms with E-state index in [0.717, 1.165) is 29.7 Å². The number of methoxy groups -OCH3 is 1. The van der Waals surface area contributed by atoms with Gasteiger partial charge in [-0.25, -0.2) is 14.4 Å². The van der Waals surface area contributed by atoms with Crippen molar-refractivity contribution in [2.75, 3.05) is 7.11 Å². The number of hydrogen-bond acceptors (Lipinski definition) is 5. The number of carboxylic acid groups (broad SMARTS) is 1. The van der Waals surface area contributed by atoms with Crippen molar-refractivity contribution < 1.29 is 23.8 Å². The summed E-state index contributed by atoms with van der Waals surface area (Å²) in [5, 5.41) is 9.15. The van der Waals surface area contributed by atoms with E-state index in [-0.39, 0.29) is 11.9 Å². The van der Waals surface area contributed by atoms with Crippen LogP contribution in [0.1, 0.15) is 36.4 Å². The zero-order valence-electron chi connectivity index (χ0n) is 17.3. The fourth-order valence-corrected chi connectivity index (χ4v) is 3.66. The normalized spacial score (nSPS) is 16.2. The molecule has 2 unspecified atom stereocenters. The monoisotopic (exact) mass is 422 g/mol. The molecule has 0 radical (unpaired) electrons. The smallest absolute Gasteiger partial charge is 0.306 e. The maximum Gasteiger partial charge on any atom is 0.306 e. The summed E-state index contributed by atoms with van der Waals surface area (Å²) in [4.78, 5) is 20.0. The molecule has 160 valence electrons. The molecule has 0 saturated heterocycles. The van der Waals surface area contributed by atoms with Crippen LogP contribution in [0.2, 0.25) is 0 Å². The van der Waals surface area contributed by atoms with Crippen LogP contribution in [0, 0.1) is 11.7 Å². The summed E-state index contributed by atoms with van der Waals surface area (Å²) in [6, 6.07) is 10.4. The van der Waals surface area contributed by atoms with E-state index in [4.69, 9.17) is 14.6 Å². The second-order valence-electron chi connectivity index (χ2n) is 7.71. The van der Waals surface area contributed by atoms with Gasteiger partial charge in [0.15, 0.2) is 11.9 Å². The van der Waals surface area contributed by atoms with Crippen LogP contribution >= 0.6 is 0 Å². The summed E-state index contributed by atoms with van der Waals surface area (Å²) in [5.74, 6) is 0.159. The molecule has 0 amide bonds. The predicted molar refractivity (Wildman–Crippen MR) is 113 cm³/mol. The lowest BCUT2D eigenvalue weighted by Crippen LogP contribution is -2.18. The number of aliphatic carboxylic acids is 1. The number of rotatable bonds is 6. The maximum atomic E-state index is 14.2. The van der Waals surface area contributed by atoms with E-state index >= 15 is 0 Å². The molecule has 7 heteroatoms. The molecule has 3 aromatic rings. The molecular weight excluding hydrogens is 399 g/mol. The summed E-state index contributed by atoms with van der Waals surface area (Å²) in [7, 11) is 1.53. The van der Waals surface area contributed by atoms with Crippen LogP contribution in [-0.4, -0.2) is 28.2 Å². The first-order chi connectivity index (χ1) is 14.9. The molecule has 31 heavy (non-hydrogen) atoms. The molecule has 0 fully saturated rings. The second kappa shape index (κ2) is 8.71. The third-order valence-corrected chi connectivity index (χ3v) is 5.48. The molecular formula is C24H23FN2O4. The molecule has 1 aliphatic rings. The summed E-state index contributed by atoms with van der Waals surface area (Å²) < 4.78 is 25.5. The molecule has 0 bridgehead atoms. The zero-order chi connectivity index (χ0) is 22.0. The SMILES string of the molecule is COc1ccc(F)c(-c2cnc(C3CCc4ccc(CC(C)C(=O)O)cc4O3)nc2)c1. The Morgan fingerprint density at radius 2 is 2.03 bits per heavy atom. The van der Waals surface area contributed by atoms with Gasteiger partial charge in [-0.15, -0.1) is 0 Å². The number of carboxylic acids is 1. The van der Waals surface area contributed by atoms with E-state index in [1.807, 2.05) is 18.2 Å². The van der Waals surface area contributed by atoms with Gasteiger partial charge in [-0.05, 0) is 54.7 Å². The van der Waals surface area contributed by atoms with E-state index < -0.39 is 11.9 Å². The molecule has 2 heterocycles. The van der Waals surface area contributed by atoms with Crippen LogP contribution in [0.15, 0.2) is 48.8 Å². The fourth-order valence-electron chi connectivity index (χ4n) is 3.66. The molecule has 6 nitrogen and oxygen atoms in total. The summed E-state index contributed by atoms with van der Waals surface area (Å²) in [6.45, 7) is 1.69. The van der Waals surface area contributed by atoms with Crippen molar-refractivity contribution in [3.05, 3.63) is 71.6 Å². The Morgan fingerprint density at radius 3 is 2.74 bits per heavy atom. The number of aromatic nitrogens is 2. The van der Waals surface area contributed by atoms with Gasteiger partial charge in [0.2, 0.25) is 0 Å². The average molecular weight is 422 g/mol. The minimum atomic E-state index is -0.822. The van der Waals surface area contributed by atoms with Crippen molar-refractivity contribution in [3.63, 3.8) is 0 Å².